The lowest BCUT2D eigenvalue weighted by molar-refractivity contribution is -0.198. The van der Waals surface area contributed by atoms with E-state index in [1.54, 1.807) is 31.3 Å². The topological polar surface area (TPSA) is 141 Å². The summed E-state index contributed by atoms with van der Waals surface area (Å²) in [5, 5.41) is 16.9. The molecule has 0 amide bonds. The summed E-state index contributed by atoms with van der Waals surface area (Å²) in [5.74, 6) is -0.828. The molecule has 2 aromatic heterocycles. The van der Waals surface area contributed by atoms with Crippen molar-refractivity contribution in [2.24, 2.45) is 5.41 Å². The second-order valence-electron chi connectivity index (χ2n) is 12.0. The number of aliphatic carboxylic acids is 1. The number of carbonyl (C=O) groups is 1. The maximum Gasteiger partial charge on any atom is 0.429 e. The number of anilines is 2. The molecule has 14 heteroatoms. The fourth-order valence-electron chi connectivity index (χ4n) is 6.58. The number of ether oxygens (including phenoxy) is 2. The maximum absolute atomic E-state index is 14.8. The van der Waals surface area contributed by atoms with Crippen LogP contribution in [0.1, 0.15) is 60.9 Å². The Morgan fingerprint density at radius 2 is 1.93 bits per heavy atom. The number of aryl methyl sites for hydroxylation is 1. The first-order valence-corrected chi connectivity index (χ1v) is 14.8. The summed E-state index contributed by atoms with van der Waals surface area (Å²) in [6.45, 7) is 4.68. The highest BCUT2D eigenvalue weighted by molar-refractivity contribution is 5.74. The summed E-state index contributed by atoms with van der Waals surface area (Å²) >= 11 is 0. The molecule has 3 fully saturated rings. The summed E-state index contributed by atoms with van der Waals surface area (Å²) in [6.07, 6.45) is -1.98. The molecule has 0 radical (unpaired) electrons. The van der Waals surface area contributed by atoms with E-state index in [0.717, 1.165) is 18.4 Å². The molecule has 1 unspecified atom stereocenters. The third kappa shape index (κ3) is 6.32. The van der Waals surface area contributed by atoms with Crippen LogP contribution >= 0.6 is 0 Å². The van der Waals surface area contributed by atoms with Crippen molar-refractivity contribution in [1.82, 2.24) is 25.1 Å². The molecule has 5 heterocycles. The number of piperidine rings is 1. The number of hydrogen-bond donors (Lipinski definition) is 3. The Bertz CT molecular complexity index is 1500. The lowest BCUT2D eigenvalue weighted by Crippen LogP contribution is -2.41. The number of nitrogen functional groups attached to an aromatic ring is 1. The summed E-state index contributed by atoms with van der Waals surface area (Å²) in [6, 6.07) is 7.49. The Balaban J connectivity index is 1.28. The van der Waals surface area contributed by atoms with E-state index in [1.165, 1.54) is 16.8 Å². The molecule has 2 atom stereocenters. The summed E-state index contributed by atoms with van der Waals surface area (Å²) < 4.78 is 56.8. The quantitative estimate of drug-likeness (QED) is 0.355. The zero-order valence-corrected chi connectivity index (χ0v) is 24.4. The predicted molar refractivity (Wildman–Crippen MR) is 155 cm³/mol. The second-order valence-corrected chi connectivity index (χ2v) is 12.0. The van der Waals surface area contributed by atoms with E-state index >= 15 is 0 Å². The monoisotopic (exact) mass is 615 g/mol. The van der Waals surface area contributed by atoms with Crippen molar-refractivity contribution in [2.75, 3.05) is 43.5 Å². The summed E-state index contributed by atoms with van der Waals surface area (Å²) in [7, 11) is 0. The highest BCUT2D eigenvalue weighted by Crippen LogP contribution is 2.43. The van der Waals surface area contributed by atoms with Crippen molar-refractivity contribution in [1.29, 1.82) is 0 Å². The summed E-state index contributed by atoms with van der Waals surface area (Å²) in [5.41, 5.74) is 7.59. The van der Waals surface area contributed by atoms with Gasteiger partial charge in [-0.05, 0) is 68.1 Å². The van der Waals surface area contributed by atoms with Crippen LogP contribution in [0.25, 0.3) is 5.69 Å². The highest BCUT2D eigenvalue weighted by atomic mass is 19.4. The lowest BCUT2D eigenvalue weighted by atomic mass is 9.76. The Morgan fingerprint density at radius 3 is 2.57 bits per heavy atom. The largest absolute Gasteiger partial charge is 0.480 e. The zero-order chi connectivity index (χ0) is 31.1. The number of halogens is 3. The molecule has 3 aromatic rings. The average molecular weight is 616 g/mol. The van der Waals surface area contributed by atoms with Crippen molar-refractivity contribution in [3.63, 3.8) is 0 Å². The van der Waals surface area contributed by atoms with Crippen LogP contribution in [0.2, 0.25) is 0 Å². The van der Waals surface area contributed by atoms with Crippen molar-refractivity contribution < 1.29 is 32.5 Å². The van der Waals surface area contributed by atoms with Gasteiger partial charge in [0.05, 0.1) is 11.4 Å². The van der Waals surface area contributed by atoms with E-state index in [2.05, 4.69) is 20.4 Å². The Kier molecular flexibility index (Phi) is 8.14. The number of nitrogens with one attached hydrogen (secondary N) is 1. The Labute approximate surface area is 252 Å². The molecule has 3 saturated heterocycles. The van der Waals surface area contributed by atoms with Gasteiger partial charge in [0.1, 0.15) is 11.9 Å². The molecule has 1 spiro atoms. The molecule has 3 aliphatic rings. The van der Waals surface area contributed by atoms with Crippen LogP contribution in [0.4, 0.5) is 24.9 Å². The van der Waals surface area contributed by atoms with Gasteiger partial charge in [0.25, 0.3) is 0 Å². The highest BCUT2D eigenvalue weighted by Gasteiger charge is 2.46. The van der Waals surface area contributed by atoms with Gasteiger partial charge in [-0.15, -0.1) is 0 Å². The number of carboxylic acids is 1. The van der Waals surface area contributed by atoms with E-state index < -0.39 is 24.3 Å². The van der Waals surface area contributed by atoms with E-state index in [-0.39, 0.29) is 34.4 Å². The minimum atomic E-state index is -4.79. The minimum absolute atomic E-state index is 0.100. The number of nitrogens with two attached hydrogens (primary N) is 1. The molecule has 1 aromatic carbocycles. The van der Waals surface area contributed by atoms with Gasteiger partial charge in [-0.25, -0.2) is 4.68 Å². The van der Waals surface area contributed by atoms with Gasteiger partial charge >= 0.3 is 12.1 Å². The number of aromatic nitrogens is 4. The molecule has 0 saturated carbocycles. The standard InChI is InChI=1S/C30H36F3N7O4/c1-18-4-9-40(38-18)23-14-20(19-5-12-43-13-6-19)2-3-21(23)26(30(31,32)33)44-25-15-24(36-28(34)37-25)39-10-7-29(8-11-39)16-22(27(41)42)35-17-29/h2-4,9,14-15,19,22,26,35H,5-8,10-13,16-17H2,1H3,(H,41,42)(H2,34,36,37)/t22?,26-/m1/s1. The number of rotatable bonds is 7. The third-order valence-corrected chi connectivity index (χ3v) is 9.05. The van der Waals surface area contributed by atoms with Crippen molar-refractivity contribution in [2.45, 2.75) is 63.3 Å². The fraction of sp³-hybridized carbons (Fsp3) is 0.533. The van der Waals surface area contributed by atoms with E-state index in [4.69, 9.17) is 15.2 Å². The van der Waals surface area contributed by atoms with Crippen LogP contribution < -0.4 is 20.7 Å². The van der Waals surface area contributed by atoms with Gasteiger partial charge in [0.15, 0.2) is 0 Å². The van der Waals surface area contributed by atoms with Crippen LogP contribution in [-0.2, 0) is 9.53 Å². The maximum atomic E-state index is 14.8. The fourth-order valence-corrected chi connectivity index (χ4v) is 6.58. The van der Waals surface area contributed by atoms with Gasteiger partial charge in [-0.3, -0.25) is 4.79 Å². The Morgan fingerprint density at radius 1 is 1.18 bits per heavy atom. The molecular weight excluding hydrogens is 579 g/mol. The normalized spacial score (nSPS) is 21.5. The molecule has 3 aliphatic heterocycles. The van der Waals surface area contributed by atoms with Gasteiger partial charge in [-0.1, -0.05) is 12.1 Å². The zero-order valence-electron chi connectivity index (χ0n) is 24.4. The van der Waals surface area contributed by atoms with Crippen LogP contribution in [0.5, 0.6) is 5.88 Å². The van der Waals surface area contributed by atoms with Crippen molar-refractivity contribution >= 4 is 17.7 Å². The van der Waals surface area contributed by atoms with Crippen LogP contribution in [-0.4, -0.2) is 75.9 Å². The second kappa shape index (κ2) is 11.9. The van der Waals surface area contributed by atoms with E-state index in [0.29, 0.717) is 63.6 Å². The van der Waals surface area contributed by atoms with Crippen LogP contribution in [0, 0.1) is 12.3 Å². The predicted octanol–water partition coefficient (Wildman–Crippen LogP) is 4.16. The SMILES string of the molecule is Cc1ccn(-c2cc(C3CCOCC3)ccc2[C@@H](Oc2cc(N3CCC4(CC3)CNC(C(=O)O)C4)nc(N)n2)C(F)(F)F)n1. The molecule has 6 rings (SSSR count). The van der Waals surface area contributed by atoms with E-state index in [9.17, 15) is 23.1 Å². The lowest BCUT2D eigenvalue weighted by Gasteiger charge is -2.39. The first kappa shape index (κ1) is 30.1. The van der Waals surface area contributed by atoms with Gasteiger partial charge in [0, 0.05) is 50.7 Å². The van der Waals surface area contributed by atoms with E-state index in [1.807, 2.05) is 4.90 Å². The Hall–Kier alpha value is -3.91. The summed E-state index contributed by atoms with van der Waals surface area (Å²) in [4.78, 5) is 21.7. The minimum Gasteiger partial charge on any atom is -0.480 e. The third-order valence-electron chi connectivity index (χ3n) is 9.05. The van der Waals surface area contributed by atoms with Crippen molar-refractivity contribution in [3.05, 3.63) is 53.3 Å². The number of carboxylic acid groups (broad SMARTS) is 1. The number of alkyl halides is 3. The van der Waals surface area contributed by atoms with Crippen molar-refractivity contribution in [3.8, 4) is 11.6 Å². The molecule has 0 bridgehead atoms. The van der Waals surface area contributed by atoms with Gasteiger partial charge < -0.3 is 30.5 Å². The molecule has 4 N–H and O–H groups in total. The molecule has 236 valence electrons. The smallest absolute Gasteiger partial charge is 0.429 e. The average Bonchev–Trinajstić information content (AvgIpc) is 3.62. The van der Waals surface area contributed by atoms with Gasteiger partial charge in [0.2, 0.25) is 17.9 Å². The first-order chi connectivity index (χ1) is 21.0. The van der Waals surface area contributed by atoms with Crippen LogP contribution in [0.3, 0.4) is 0 Å². The number of nitrogens with zero attached hydrogens (tertiary/aromatic N) is 5. The number of hydrogen-bond acceptors (Lipinski definition) is 9. The molecule has 11 nitrogen and oxygen atoms in total. The molecular formula is C30H36F3N7O4. The number of benzene rings is 1. The van der Waals surface area contributed by atoms with Crippen LogP contribution in [0.15, 0.2) is 36.5 Å². The molecule has 0 aliphatic carbocycles. The molecule has 44 heavy (non-hydrogen) atoms. The first-order valence-electron chi connectivity index (χ1n) is 14.8. The van der Waals surface area contributed by atoms with Gasteiger partial charge in [-0.2, -0.15) is 28.2 Å².